The number of carboxylic acids is 1. The highest BCUT2D eigenvalue weighted by molar-refractivity contribution is 5.86. The summed E-state index contributed by atoms with van der Waals surface area (Å²) in [6.07, 6.45) is 1.92. The number of benzene rings is 2. The summed E-state index contributed by atoms with van der Waals surface area (Å²) in [5.74, 6) is 2.70. The van der Waals surface area contributed by atoms with Crippen LogP contribution in [0.15, 0.2) is 48.5 Å². The molecule has 3 N–H and O–H groups in total. The molecule has 0 aliphatic heterocycles. The van der Waals surface area contributed by atoms with Gasteiger partial charge in [-0.25, -0.2) is 9.59 Å². The van der Waals surface area contributed by atoms with E-state index in [1.165, 1.54) is 0 Å². The molecular formula is C26H28N2O5. The number of unbranched alkanes of at least 4 members (excludes halogenated alkanes) is 1. The molecule has 0 aromatic heterocycles. The second-order valence-electron chi connectivity index (χ2n) is 7.90. The number of alkyl carbamates (subject to hydrolysis) is 1. The summed E-state index contributed by atoms with van der Waals surface area (Å²) in [6, 6.07) is 15.9. The lowest BCUT2D eigenvalue weighted by Gasteiger charge is -2.19. The molecule has 7 heteroatoms. The number of fused-ring (bicyclic) bond motifs is 3. The predicted octanol–water partition coefficient (Wildman–Crippen LogP) is 3.68. The van der Waals surface area contributed by atoms with Crippen molar-refractivity contribution in [2.75, 3.05) is 13.2 Å². The lowest BCUT2D eigenvalue weighted by Crippen LogP contribution is -2.40. The van der Waals surface area contributed by atoms with Gasteiger partial charge < -0.3 is 20.5 Å². The first-order valence-corrected chi connectivity index (χ1v) is 11.1. The van der Waals surface area contributed by atoms with E-state index in [9.17, 15) is 14.4 Å². The van der Waals surface area contributed by atoms with Crippen LogP contribution in [0.4, 0.5) is 4.79 Å². The molecule has 1 atom stereocenters. The van der Waals surface area contributed by atoms with Gasteiger partial charge in [0.1, 0.15) is 6.61 Å². The van der Waals surface area contributed by atoms with Gasteiger partial charge in [-0.1, -0.05) is 74.2 Å². The van der Waals surface area contributed by atoms with Gasteiger partial charge >= 0.3 is 12.1 Å². The van der Waals surface area contributed by atoms with Gasteiger partial charge in [-0.05, 0) is 28.7 Å². The highest BCUT2D eigenvalue weighted by Gasteiger charge is 2.29. The summed E-state index contributed by atoms with van der Waals surface area (Å²) in [7, 11) is 0. The minimum Gasteiger partial charge on any atom is -0.472 e. The van der Waals surface area contributed by atoms with Gasteiger partial charge in [0, 0.05) is 24.3 Å². The number of hydrogen-bond donors (Lipinski definition) is 3. The van der Waals surface area contributed by atoms with Crippen LogP contribution in [0.1, 0.15) is 49.7 Å². The Balaban J connectivity index is 1.57. The van der Waals surface area contributed by atoms with E-state index in [0.717, 1.165) is 35.1 Å². The van der Waals surface area contributed by atoms with E-state index in [4.69, 9.17) is 9.84 Å². The predicted molar refractivity (Wildman–Crippen MR) is 125 cm³/mol. The minimum atomic E-state index is -1.25. The quantitative estimate of drug-likeness (QED) is 0.508. The number of rotatable bonds is 9. The van der Waals surface area contributed by atoms with Crippen LogP contribution in [-0.4, -0.2) is 42.3 Å². The van der Waals surface area contributed by atoms with Crippen molar-refractivity contribution < 1.29 is 24.2 Å². The number of nitrogens with one attached hydrogen (secondary N) is 2. The van der Waals surface area contributed by atoms with Crippen molar-refractivity contribution >= 4 is 18.0 Å². The van der Waals surface area contributed by atoms with Crippen molar-refractivity contribution in [3.63, 3.8) is 0 Å². The van der Waals surface area contributed by atoms with E-state index in [-0.39, 0.29) is 37.4 Å². The molecule has 33 heavy (non-hydrogen) atoms. The Morgan fingerprint density at radius 2 is 1.70 bits per heavy atom. The van der Waals surface area contributed by atoms with Crippen LogP contribution in [0.3, 0.4) is 0 Å². The van der Waals surface area contributed by atoms with Crippen LogP contribution in [0, 0.1) is 11.8 Å². The molecular weight excluding hydrogens is 420 g/mol. The molecule has 0 unspecified atom stereocenters. The van der Waals surface area contributed by atoms with Crippen LogP contribution < -0.4 is 10.6 Å². The fourth-order valence-electron chi connectivity index (χ4n) is 4.04. The zero-order chi connectivity index (χ0) is 23.6. The molecule has 2 aromatic rings. The summed E-state index contributed by atoms with van der Waals surface area (Å²) in [4.78, 5) is 35.1. The molecule has 0 fully saturated rings. The second kappa shape index (κ2) is 11.7. The smallest absolute Gasteiger partial charge is 0.407 e. The van der Waals surface area contributed by atoms with E-state index in [1.54, 1.807) is 0 Å². The zero-order valence-corrected chi connectivity index (χ0v) is 18.6. The molecule has 172 valence electrons. The van der Waals surface area contributed by atoms with Gasteiger partial charge in [0.05, 0.1) is 6.54 Å². The van der Waals surface area contributed by atoms with Crippen LogP contribution in [0.5, 0.6) is 0 Å². The molecule has 0 saturated heterocycles. The molecule has 0 radical (unpaired) electrons. The largest absolute Gasteiger partial charge is 0.472 e. The Morgan fingerprint density at radius 3 is 2.30 bits per heavy atom. The summed E-state index contributed by atoms with van der Waals surface area (Å²) in [6.45, 7) is 2.18. The molecule has 0 spiro atoms. The summed E-state index contributed by atoms with van der Waals surface area (Å²) in [5, 5.41) is 13.9. The number of carbonyl (C=O) groups is 3. The van der Waals surface area contributed by atoms with E-state index >= 15 is 0 Å². The summed E-state index contributed by atoms with van der Waals surface area (Å²) in [5.41, 5.74) is 4.59. The number of carbonyl (C=O) groups excluding carboxylic acids is 2. The standard InChI is InChI=1S/C26H28N2O5/c1-2-3-9-18(16-24(29)27-15-8-14-25(30)31)28-26(32)33-17-23-21-12-6-4-10-19(21)20-11-5-7-13-22(20)23/h4-7,10-13,18,23H,2-3,9,15-17H2,1H3,(H,27,29)(H,28,32)(H,30,31)/t18-/m0/s1. The first-order valence-electron chi connectivity index (χ1n) is 11.1. The van der Waals surface area contributed by atoms with Crippen LogP contribution in [0.2, 0.25) is 0 Å². The van der Waals surface area contributed by atoms with E-state index in [0.29, 0.717) is 6.42 Å². The average molecular weight is 449 g/mol. The maximum Gasteiger partial charge on any atom is 0.407 e. The van der Waals surface area contributed by atoms with E-state index in [1.807, 2.05) is 37.1 Å². The third-order valence-corrected chi connectivity index (χ3v) is 5.57. The van der Waals surface area contributed by atoms with Crippen LogP contribution >= 0.6 is 0 Å². The maximum atomic E-state index is 12.6. The van der Waals surface area contributed by atoms with Crippen molar-refractivity contribution in [1.82, 2.24) is 10.6 Å². The highest BCUT2D eigenvalue weighted by atomic mass is 16.5. The number of ether oxygens (including phenoxy) is 1. The van der Waals surface area contributed by atoms with Gasteiger partial charge in [-0.15, -0.1) is 0 Å². The summed E-state index contributed by atoms with van der Waals surface area (Å²) < 4.78 is 5.59. The Kier molecular flexibility index (Phi) is 8.48. The lowest BCUT2D eigenvalue weighted by atomic mass is 9.98. The second-order valence-corrected chi connectivity index (χ2v) is 7.90. The Morgan fingerprint density at radius 1 is 1.06 bits per heavy atom. The first-order chi connectivity index (χ1) is 16.0. The normalized spacial score (nSPS) is 12.5. The van der Waals surface area contributed by atoms with Gasteiger partial charge in [-0.2, -0.15) is 0 Å². The third-order valence-electron chi connectivity index (χ3n) is 5.57. The molecule has 1 aliphatic carbocycles. The Hall–Kier alpha value is -3.79. The number of hydrogen-bond acceptors (Lipinski definition) is 4. The van der Waals surface area contributed by atoms with Crippen molar-refractivity contribution in [2.24, 2.45) is 0 Å². The Labute approximate surface area is 193 Å². The lowest BCUT2D eigenvalue weighted by molar-refractivity contribution is -0.130. The molecule has 2 amide bonds. The first kappa shape index (κ1) is 23.9. The average Bonchev–Trinajstić information content (AvgIpc) is 3.12. The summed E-state index contributed by atoms with van der Waals surface area (Å²) >= 11 is 0. The van der Waals surface area contributed by atoms with Crippen molar-refractivity contribution in [2.45, 2.75) is 44.6 Å². The number of amides is 2. The monoisotopic (exact) mass is 448 g/mol. The van der Waals surface area contributed by atoms with Gasteiger partial charge in [0.15, 0.2) is 0 Å². The molecule has 7 nitrogen and oxygen atoms in total. The molecule has 0 saturated carbocycles. The molecule has 2 aromatic carbocycles. The Bertz CT molecular complexity index is 1020. The molecule has 1 aliphatic rings. The third kappa shape index (κ3) is 6.59. The van der Waals surface area contributed by atoms with Crippen LogP contribution in [0.25, 0.3) is 11.1 Å². The van der Waals surface area contributed by atoms with Crippen molar-refractivity contribution in [3.05, 3.63) is 59.7 Å². The molecule has 3 rings (SSSR count). The van der Waals surface area contributed by atoms with E-state index in [2.05, 4.69) is 40.8 Å². The fraction of sp³-hybridized carbons (Fsp3) is 0.346. The van der Waals surface area contributed by atoms with Crippen LogP contribution in [-0.2, 0) is 14.3 Å². The van der Waals surface area contributed by atoms with E-state index < -0.39 is 12.1 Å². The van der Waals surface area contributed by atoms with Gasteiger partial charge in [0.2, 0.25) is 5.91 Å². The highest BCUT2D eigenvalue weighted by Crippen LogP contribution is 2.44. The maximum absolute atomic E-state index is 12.6. The fourth-order valence-corrected chi connectivity index (χ4v) is 4.04. The number of carboxylic acid groups (broad SMARTS) is 1. The zero-order valence-electron chi connectivity index (χ0n) is 18.6. The molecule has 0 bridgehead atoms. The van der Waals surface area contributed by atoms with Gasteiger partial charge in [0.25, 0.3) is 0 Å². The van der Waals surface area contributed by atoms with Crippen molar-refractivity contribution in [1.29, 1.82) is 0 Å². The number of aliphatic carboxylic acids is 1. The topological polar surface area (TPSA) is 105 Å². The minimum absolute atomic E-state index is 0.0339. The SMILES string of the molecule is CCCC[C@@H](CC(=O)NCC#CC(=O)O)NC(=O)OCC1c2ccccc2-c2ccccc21. The molecule has 0 heterocycles. The van der Waals surface area contributed by atoms with Crippen molar-refractivity contribution in [3.8, 4) is 23.0 Å². The van der Waals surface area contributed by atoms with Gasteiger partial charge in [-0.3, -0.25) is 4.79 Å².